The van der Waals surface area contributed by atoms with Gasteiger partial charge in [0.25, 0.3) is 0 Å². The van der Waals surface area contributed by atoms with Crippen LogP contribution < -0.4 is 5.73 Å². The molecule has 15 heavy (non-hydrogen) atoms. The van der Waals surface area contributed by atoms with Crippen LogP contribution in [0.25, 0.3) is 0 Å². The van der Waals surface area contributed by atoms with Gasteiger partial charge in [-0.15, -0.1) is 0 Å². The van der Waals surface area contributed by atoms with Gasteiger partial charge in [0.05, 0.1) is 12.3 Å². The zero-order valence-corrected chi connectivity index (χ0v) is 9.66. The highest BCUT2D eigenvalue weighted by molar-refractivity contribution is 5.14. The second-order valence-corrected chi connectivity index (χ2v) is 3.83. The molecule has 0 aliphatic rings. The molecule has 0 aliphatic heterocycles. The molecule has 0 unspecified atom stereocenters. The van der Waals surface area contributed by atoms with Gasteiger partial charge in [0, 0.05) is 19.2 Å². The highest BCUT2D eigenvalue weighted by Crippen LogP contribution is 2.13. The van der Waals surface area contributed by atoms with Crippen molar-refractivity contribution in [1.29, 1.82) is 0 Å². The summed E-state index contributed by atoms with van der Waals surface area (Å²) in [6, 6.07) is 1.99. The van der Waals surface area contributed by atoms with Crippen LogP contribution in [0.4, 0.5) is 0 Å². The van der Waals surface area contributed by atoms with Gasteiger partial charge in [0.2, 0.25) is 0 Å². The van der Waals surface area contributed by atoms with Crippen molar-refractivity contribution in [3.05, 3.63) is 23.3 Å². The number of nitrogens with zero attached hydrogens (tertiary/aromatic N) is 2. The van der Waals surface area contributed by atoms with Gasteiger partial charge in [0.15, 0.2) is 0 Å². The number of hydrogen-bond donors (Lipinski definition) is 1. The minimum Gasteiger partial charge on any atom is -0.378 e. The standard InChI is InChI=1S/C11H19N3O/c1-8(2)10-6-9(7-15-3)13-11(14-10)4-5-12/h6,8H,4-5,7,12H2,1-3H3. The number of nitrogens with two attached hydrogens (primary N) is 1. The van der Waals surface area contributed by atoms with E-state index in [2.05, 4.69) is 23.8 Å². The summed E-state index contributed by atoms with van der Waals surface area (Å²) in [5.41, 5.74) is 7.49. The van der Waals surface area contributed by atoms with Gasteiger partial charge in [-0.2, -0.15) is 0 Å². The molecular weight excluding hydrogens is 190 g/mol. The molecule has 0 spiro atoms. The molecule has 1 aromatic heterocycles. The van der Waals surface area contributed by atoms with Crippen molar-refractivity contribution in [2.24, 2.45) is 5.73 Å². The molecule has 0 saturated carbocycles. The number of ether oxygens (including phenoxy) is 1. The third kappa shape index (κ3) is 3.57. The molecule has 4 heteroatoms. The molecule has 1 heterocycles. The quantitative estimate of drug-likeness (QED) is 0.792. The summed E-state index contributed by atoms with van der Waals surface area (Å²) in [7, 11) is 1.67. The Labute approximate surface area is 90.9 Å². The van der Waals surface area contributed by atoms with Crippen molar-refractivity contribution < 1.29 is 4.74 Å². The maximum absolute atomic E-state index is 5.50. The highest BCUT2D eigenvalue weighted by atomic mass is 16.5. The van der Waals surface area contributed by atoms with Crippen molar-refractivity contribution >= 4 is 0 Å². The van der Waals surface area contributed by atoms with Crippen LogP contribution in [-0.4, -0.2) is 23.6 Å². The molecular formula is C11H19N3O. The summed E-state index contributed by atoms with van der Waals surface area (Å²) in [5.74, 6) is 1.22. The van der Waals surface area contributed by atoms with Gasteiger partial charge in [-0.1, -0.05) is 13.8 Å². The first-order valence-corrected chi connectivity index (χ1v) is 5.23. The lowest BCUT2D eigenvalue weighted by Gasteiger charge is -2.09. The number of rotatable bonds is 5. The second-order valence-electron chi connectivity index (χ2n) is 3.83. The monoisotopic (exact) mass is 209 g/mol. The van der Waals surface area contributed by atoms with E-state index in [1.807, 2.05) is 6.07 Å². The molecule has 1 aromatic rings. The fourth-order valence-corrected chi connectivity index (χ4v) is 1.33. The molecule has 0 aliphatic carbocycles. The highest BCUT2D eigenvalue weighted by Gasteiger charge is 2.07. The van der Waals surface area contributed by atoms with Crippen LogP contribution in [0.5, 0.6) is 0 Å². The summed E-state index contributed by atoms with van der Waals surface area (Å²) < 4.78 is 5.07. The predicted molar refractivity (Wildman–Crippen MR) is 59.6 cm³/mol. The Morgan fingerprint density at radius 3 is 2.67 bits per heavy atom. The number of methoxy groups -OCH3 is 1. The molecule has 4 nitrogen and oxygen atoms in total. The Balaban J connectivity index is 2.97. The van der Waals surface area contributed by atoms with Crippen LogP contribution in [0.2, 0.25) is 0 Å². The third-order valence-corrected chi connectivity index (χ3v) is 2.10. The van der Waals surface area contributed by atoms with Gasteiger partial charge >= 0.3 is 0 Å². The van der Waals surface area contributed by atoms with Crippen LogP contribution in [-0.2, 0) is 17.8 Å². The number of hydrogen-bond acceptors (Lipinski definition) is 4. The van der Waals surface area contributed by atoms with E-state index in [1.54, 1.807) is 7.11 Å². The zero-order chi connectivity index (χ0) is 11.3. The molecule has 1 rings (SSSR count). The second kappa shape index (κ2) is 5.78. The summed E-state index contributed by atoms with van der Waals surface area (Å²) in [6.07, 6.45) is 0.720. The molecule has 0 saturated heterocycles. The van der Waals surface area contributed by atoms with Crippen molar-refractivity contribution in [1.82, 2.24) is 9.97 Å². The Bertz CT molecular complexity index is 288. The Hall–Kier alpha value is -1.00. The van der Waals surface area contributed by atoms with Gasteiger partial charge in [0.1, 0.15) is 5.82 Å². The van der Waals surface area contributed by atoms with E-state index < -0.39 is 0 Å². The van der Waals surface area contributed by atoms with Crippen LogP contribution >= 0.6 is 0 Å². The smallest absolute Gasteiger partial charge is 0.130 e. The van der Waals surface area contributed by atoms with E-state index >= 15 is 0 Å². The summed E-state index contributed by atoms with van der Waals surface area (Å²) >= 11 is 0. The van der Waals surface area contributed by atoms with E-state index in [4.69, 9.17) is 10.5 Å². The summed E-state index contributed by atoms with van der Waals surface area (Å²) in [4.78, 5) is 8.84. The average Bonchev–Trinajstić information content (AvgIpc) is 2.18. The van der Waals surface area contributed by atoms with Gasteiger partial charge in [-0.05, 0) is 18.5 Å². The lowest BCUT2D eigenvalue weighted by Crippen LogP contribution is -2.10. The van der Waals surface area contributed by atoms with Gasteiger partial charge < -0.3 is 10.5 Å². The molecule has 0 aromatic carbocycles. The Morgan fingerprint density at radius 2 is 2.13 bits per heavy atom. The van der Waals surface area contributed by atoms with Gasteiger partial charge in [-0.25, -0.2) is 9.97 Å². The summed E-state index contributed by atoms with van der Waals surface area (Å²) in [6.45, 7) is 5.34. The van der Waals surface area contributed by atoms with Crippen molar-refractivity contribution in [3.8, 4) is 0 Å². The topological polar surface area (TPSA) is 61.0 Å². The molecule has 0 amide bonds. The fourth-order valence-electron chi connectivity index (χ4n) is 1.33. The minimum absolute atomic E-state index is 0.403. The van der Waals surface area contributed by atoms with Crippen LogP contribution in [0, 0.1) is 0 Å². The lowest BCUT2D eigenvalue weighted by atomic mass is 10.1. The normalized spacial score (nSPS) is 11.0. The van der Waals surface area contributed by atoms with Crippen LogP contribution in [0.1, 0.15) is 37.0 Å². The fraction of sp³-hybridized carbons (Fsp3) is 0.636. The van der Waals surface area contributed by atoms with E-state index in [0.29, 0.717) is 19.1 Å². The largest absolute Gasteiger partial charge is 0.378 e. The average molecular weight is 209 g/mol. The first kappa shape index (κ1) is 12.1. The number of aromatic nitrogens is 2. The minimum atomic E-state index is 0.403. The molecule has 84 valence electrons. The van der Waals surface area contributed by atoms with Gasteiger partial charge in [-0.3, -0.25) is 0 Å². The first-order chi connectivity index (χ1) is 7.17. The van der Waals surface area contributed by atoms with E-state index in [1.165, 1.54) is 0 Å². The third-order valence-electron chi connectivity index (χ3n) is 2.10. The maximum Gasteiger partial charge on any atom is 0.130 e. The molecule has 0 fully saturated rings. The molecule has 0 radical (unpaired) electrons. The first-order valence-electron chi connectivity index (χ1n) is 5.23. The predicted octanol–water partition coefficient (Wildman–Crippen LogP) is 1.25. The Morgan fingerprint density at radius 1 is 1.40 bits per heavy atom. The van der Waals surface area contributed by atoms with Crippen molar-refractivity contribution in [2.45, 2.75) is 32.8 Å². The van der Waals surface area contributed by atoms with E-state index in [9.17, 15) is 0 Å². The van der Waals surface area contributed by atoms with E-state index in [0.717, 1.165) is 23.6 Å². The molecule has 2 N–H and O–H groups in total. The van der Waals surface area contributed by atoms with Crippen LogP contribution in [0.3, 0.4) is 0 Å². The molecule has 0 atom stereocenters. The zero-order valence-electron chi connectivity index (χ0n) is 9.66. The maximum atomic E-state index is 5.50. The van der Waals surface area contributed by atoms with Crippen LogP contribution in [0.15, 0.2) is 6.07 Å². The van der Waals surface area contributed by atoms with E-state index in [-0.39, 0.29) is 0 Å². The Kier molecular flexibility index (Phi) is 4.65. The summed E-state index contributed by atoms with van der Waals surface area (Å²) in [5, 5.41) is 0. The lowest BCUT2D eigenvalue weighted by molar-refractivity contribution is 0.181. The van der Waals surface area contributed by atoms with Crippen molar-refractivity contribution in [3.63, 3.8) is 0 Å². The van der Waals surface area contributed by atoms with Crippen molar-refractivity contribution in [2.75, 3.05) is 13.7 Å². The molecule has 0 bridgehead atoms. The SMILES string of the molecule is COCc1cc(C(C)C)nc(CCN)n1.